The van der Waals surface area contributed by atoms with Gasteiger partial charge in [-0.05, 0) is 28.6 Å². The van der Waals surface area contributed by atoms with Gasteiger partial charge in [-0.25, -0.2) is 4.79 Å². The van der Waals surface area contributed by atoms with Crippen LogP contribution in [0.5, 0.6) is 0 Å². The molecule has 0 atom stereocenters. The highest BCUT2D eigenvalue weighted by molar-refractivity contribution is 5.86. The average Bonchev–Trinajstić information content (AvgIpc) is 3.22. The zero-order valence-electron chi connectivity index (χ0n) is 11.5. The monoisotopic (exact) mass is 315 g/mol. The van der Waals surface area contributed by atoms with Gasteiger partial charge in [-0.15, -0.1) is 5.10 Å². The minimum Gasteiger partial charge on any atom is -0.452 e. The lowest BCUT2D eigenvalue weighted by molar-refractivity contribution is -0.402. The van der Waals surface area contributed by atoms with Crippen molar-refractivity contribution in [3.63, 3.8) is 0 Å². The molecule has 23 heavy (non-hydrogen) atoms. The van der Waals surface area contributed by atoms with Crippen molar-refractivity contribution in [1.82, 2.24) is 20.2 Å². The summed E-state index contributed by atoms with van der Waals surface area (Å²) in [6.07, 6.45) is 0. The van der Waals surface area contributed by atoms with Crippen LogP contribution in [0.2, 0.25) is 0 Å². The van der Waals surface area contributed by atoms with Crippen molar-refractivity contribution < 1.29 is 18.9 Å². The van der Waals surface area contributed by atoms with E-state index >= 15 is 0 Å². The highest BCUT2D eigenvalue weighted by Gasteiger charge is 2.19. The lowest BCUT2D eigenvalue weighted by Gasteiger charge is -2.04. The van der Waals surface area contributed by atoms with Crippen LogP contribution in [0.25, 0.3) is 5.69 Å². The molecule has 0 fully saturated rings. The second-order valence-corrected chi connectivity index (χ2v) is 4.31. The summed E-state index contributed by atoms with van der Waals surface area (Å²) in [7, 11) is 0. The highest BCUT2D eigenvalue weighted by Crippen LogP contribution is 2.17. The summed E-state index contributed by atoms with van der Waals surface area (Å²) in [6, 6.07) is 11.3. The van der Waals surface area contributed by atoms with Gasteiger partial charge in [0.05, 0.1) is 11.8 Å². The van der Waals surface area contributed by atoms with Crippen molar-refractivity contribution in [2.45, 2.75) is 6.61 Å². The van der Waals surface area contributed by atoms with Gasteiger partial charge in [0.25, 0.3) is 0 Å². The molecule has 10 nitrogen and oxygen atoms in total. The second-order valence-electron chi connectivity index (χ2n) is 4.31. The van der Waals surface area contributed by atoms with Crippen molar-refractivity contribution in [1.29, 1.82) is 0 Å². The lowest BCUT2D eigenvalue weighted by Crippen LogP contribution is -2.09. The largest absolute Gasteiger partial charge is 0.452 e. The first-order chi connectivity index (χ1) is 11.1. The van der Waals surface area contributed by atoms with Gasteiger partial charge in [0.1, 0.15) is 4.92 Å². The molecule has 0 N–H and O–H groups in total. The standard InChI is InChI=1S/C13H9N5O5/c19-13(10-6-7-12(23-10)18(20)21)22-8-11-14-15-16-17(11)9-4-2-1-3-5-9/h1-7H,8H2. The van der Waals surface area contributed by atoms with Crippen LogP contribution < -0.4 is 0 Å². The van der Waals surface area contributed by atoms with Crippen LogP contribution in [0.1, 0.15) is 16.4 Å². The van der Waals surface area contributed by atoms with Gasteiger partial charge < -0.3 is 9.15 Å². The molecule has 0 amide bonds. The minimum atomic E-state index is -0.847. The van der Waals surface area contributed by atoms with E-state index in [0.29, 0.717) is 11.5 Å². The van der Waals surface area contributed by atoms with Crippen LogP contribution in [0.4, 0.5) is 5.88 Å². The number of para-hydroxylation sites is 1. The number of nitro groups is 1. The Morgan fingerprint density at radius 2 is 2.04 bits per heavy atom. The van der Waals surface area contributed by atoms with E-state index in [1.165, 1.54) is 10.7 Å². The zero-order chi connectivity index (χ0) is 16.2. The number of tetrazole rings is 1. The summed E-state index contributed by atoms with van der Waals surface area (Å²) in [4.78, 5) is 21.6. The van der Waals surface area contributed by atoms with Gasteiger partial charge >= 0.3 is 11.9 Å². The molecule has 0 aliphatic rings. The van der Waals surface area contributed by atoms with Crippen LogP contribution in [0.3, 0.4) is 0 Å². The molecule has 1 aromatic carbocycles. The predicted octanol–water partition coefficient (Wildman–Crippen LogP) is 1.52. The number of rotatable bonds is 5. The summed E-state index contributed by atoms with van der Waals surface area (Å²) in [5.74, 6) is -1.35. The van der Waals surface area contributed by atoms with Crippen molar-refractivity contribution in [2.24, 2.45) is 0 Å². The van der Waals surface area contributed by atoms with Crippen molar-refractivity contribution in [3.8, 4) is 5.69 Å². The smallest absolute Gasteiger partial charge is 0.433 e. The Labute approximate surface area is 128 Å². The molecule has 0 radical (unpaired) electrons. The van der Waals surface area contributed by atoms with E-state index in [-0.39, 0.29) is 12.4 Å². The third-order valence-electron chi connectivity index (χ3n) is 2.84. The molecule has 3 aromatic rings. The predicted molar refractivity (Wildman–Crippen MR) is 73.6 cm³/mol. The summed E-state index contributed by atoms with van der Waals surface area (Å²) in [6.45, 7) is -0.213. The zero-order valence-corrected chi connectivity index (χ0v) is 11.5. The number of aromatic nitrogens is 4. The van der Waals surface area contributed by atoms with E-state index in [0.717, 1.165) is 6.07 Å². The molecule has 116 valence electrons. The van der Waals surface area contributed by atoms with Crippen molar-refractivity contribution >= 4 is 11.9 Å². The topological polar surface area (TPSA) is 126 Å². The van der Waals surface area contributed by atoms with Crippen LogP contribution in [0, 0.1) is 10.1 Å². The molecule has 0 spiro atoms. The quantitative estimate of drug-likeness (QED) is 0.394. The Morgan fingerprint density at radius 1 is 1.26 bits per heavy atom. The number of carbonyl (C=O) groups is 1. The first kappa shape index (κ1) is 14.4. The van der Waals surface area contributed by atoms with Crippen LogP contribution in [0.15, 0.2) is 46.9 Å². The number of hydrogen-bond donors (Lipinski definition) is 0. The molecule has 3 rings (SSSR count). The Morgan fingerprint density at radius 3 is 2.74 bits per heavy atom. The maximum absolute atomic E-state index is 11.8. The molecule has 0 saturated carbocycles. The number of nitrogens with zero attached hydrogens (tertiary/aromatic N) is 5. The molecule has 0 unspecified atom stereocenters. The van der Waals surface area contributed by atoms with Gasteiger partial charge in [0, 0.05) is 0 Å². The van der Waals surface area contributed by atoms with Gasteiger partial charge in [0.2, 0.25) is 5.76 Å². The Kier molecular flexibility index (Phi) is 3.78. The summed E-state index contributed by atoms with van der Waals surface area (Å²) in [5.41, 5.74) is 0.706. The van der Waals surface area contributed by atoms with Gasteiger partial charge in [-0.3, -0.25) is 10.1 Å². The first-order valence-electron chi connectivity index (χ1n) is 6.39. The average molecular weight is 315 g/mol. The van der Waals surface area contributed by atoms with Crippen molar-refractivity contribution in [3.05, 3.63) is 64.2 Å². The molecule has 0 aliphatic heterocycles. The fraction of sp³-hybridized carbons (Fsp3) is 0.0769. The van der Waals surface area contributed by atoms with Crippen LogP contribution in [-0.4, -0.2) is 31.1 Å². The number of hydrogen-bond acceptors (Lipinski definition) is 8. The molecule has 2 aromatic heterocycles. The molecular formula is C13H9N5O5. The summed E-state index contributed by atoms with van der Waals surface area (Å²) >= 11 is 0. The van der Waals surface area contributed by atoms with Gasteiger partial charge in [0.15, 0.2) is 12.4 Å². The SMILES string of the molecule is O=C(OCc1nnnn1-c1ccccc1)c1ccc([N+](=O)[O-])o1. The number of carbonyl (C=O) groups excluding carboxylic acids is 1. The molecule has 0 bridgehead atoms. The minimum absolute atomic E-state index is 0.213. The molecule has 10 heteroatoms. The Hall–Kier alpha value is -3.56. The van der Waals surface area contributed by atoms with E-state index in [2.05, 4.69) is 15.5 Å². The van der Waals surface area contributed by atoms with E-state index in [9.17, 15) is 14.9 Å². The summed E-state index contributed by atoms with van der Waals surface area (Å²) < 4.78 is 11.2. The first-order valence-corrected chi connectivity index (χ1v) is 6.39. The number of furan rings is 1. The molecule has 0 aliphatic carbocycles. The number of ether oxygens (including phenoxy) is 1. The maximum Gasteiger partial charge on any atom is 0.433 e. The van der Waals surface area contributed by atoms with E-state index in [1.54, 1.807) is 12.1 Å². The lowest BCUT2D eigenvalue weighted by atomic mass is 10.3. The van der Waals surface area contributed by atoms with Gasteiger partial charge in [-0.2, -0.15) is 4.68 Å². The van der Waals surface area contributed by atoms with E-state index in [1.807, 2.05) is 18.2 Å². The number of benzene rings is 1. The van der Waals surface area contributed by atoms with E-state index < -0.39 is 16.8 Å². The number of esters is 1. The van der Waals surface area contributed by atoms with Gasteiger partial charge in [-0.1, -0.05) is 18.2 Å². The fourth-order valence-electron chi connectivity index (χ4n) is 1.80. The second kappa shape index (κ2) is 6.05. The highest BCUT2D eigenvalue weighted by atomic mass is 16.7. The Bertz CT molecular complexity index is 841. The molecule has 2 heterocycles. The Balaban J connectivity index is 1.70. The van der Waals surface area contributed by atoms with Crippen LogP contribution in [-0.2, 0) is 11.3 Å². The third-order valence-corrected chi connectivity index (χ3v) is 2.84. The fourth-order valence-corrected chi connectivity index (χ4v) is 1.80. The third kappa shape index (κ3) is 3.05. The van der Waals surface area contributed by atoms with Crippen molar-refractivity contribution in [2.75, 3.05) is 0 Å². The van der Waals surface area contributed by atoms with E-state index in [4.69, 9.17) is 9.15 Å². The summed E-state index contributed by atoms with van der Waals surface area (Å²) in [5, 5.41) is 21.6. The molecular weight excluding hydrogens is 306 g/mol. The van der Waals surface area contributed by atoms with Crippen LogP contribution >= 0.6 is 0 Å². The maximum atomic E-state index is 11.8. The normalized spacial score (nSPS) is 10.4. The molecule has 0 saturated heterocycles.